The Morgan fingerprint density at radius 3 is 2.70 bits per heavy atom. The van der Waals surface area contributed by atoms with E-state index >= 15 is 0 Å². The lowest BCUT2D eigenvalue weighted by atomic mass is 9.81. The van der Waals surface area contributed by atoms with E-state index in [-0.39, 0.29) is 24.2 Å². The van der Waals surface area contributed by atoms with Crippen molar-refractivity contribution in [3.63, 3.8) is 0 Å². The summed E-state index contributed by atoms with van der Waals surface area (Å²) in [6, 6.07) is 8.26. The van der Waals surface area contributed by atoms with Crippen LogP contribution in [-0.4, -0.2) is 15.9 Å². The van der Waals surface area contributed by atoms with Gasteiger partial charge in [0.15, 0.2) is 5.95 Å². The van der Waals surface area contributed by atoms with Gasteiger partial charge in [0.2, 0.25) is 5.91 Å². The second-order valence-electron chi connectivity index (χ2n) is 6.13. The molecule has 6 heteroatoms. The highest BCUT2D eigenvalue weighted by Crippen LogP contribution is 2.40. The molecule has 1 heterocycles. The van der Waals surface area contributed by atoms with Crippen molar-refractivity contribution < 1.29 is 4.79 Å². The average Bonchev–Trinajstić information content (AvgIpc) is 3.16. The fourth-order valence-corrected chi connectivity index (χ4v) is 3.55. The first-order valence-corrected chi connectivity index (χ1v) is 7.82. The summed E-state index contributed by atoms with van der Waals surface area (Å²) in [5, 5.41) is 0. The fraction of sp³-hybridized carbons (Fsp3) is 0.412. The first-order valence-electron chi connectivity index (χ1n) is 7.82. The molecular formula is C17H23ClN4O. The molecule has 124 valence electrons. The summed E-state index contributed by atoms with van der Waals surface area (Å²) >= 11 is 0. The molecule has 0 saturated heterocycles. The third-order valence-electron chi connectivity index (χ3n) is 4.61. The largest absolute Gasteiger partial charge is 0.370 e. The first-order chi connectivity index (χ1) is 10.6. The van der Waals surface area contributed by atoms with E-state index < -0.39 is 0 Å². The molecule has 1 aromatic carbocycles. The van der Waals surface area contributed by atoms with Crippen LogP contribution in [0.1, 0.15) is 43.6 Å². The number of nitrogens with zero attached hydrogens (tertiary/aromatic N) is 1. The van der Waals surface area contributed by atoms with Crippen molar-refractivity contribution in [1.82, 2.24) is 9.97 Å². The Balaban J connectivity index is 0.00000192. The molecule has 0 radical (unpaired) electrons. The number of aromatic amines is 1. The summed E-state index contributed by atoms with van der Waals surface area (Å²) in [6.07, 6.45) is 7.00. The number of halogens is 1. The van der Waals surface area contributed by atoms with Crippen LogP contribution in [0.4, 0.5) is 5.95 Å². The number of aromatic nitrogens is 2. The third-order valence-corrected chi connectivity index (χ3v) is 4.61. The van der Waals surface area contributed by atoms with Crippen molar-refractivity contribution in [3.8, 4) is 11.3 Å². The van der Waals surface area contributed by atoms with Gasteiger partial charge in [-0.2, -0.15) is 0 Å². The highest BCUT2D eigenvalue weighted by Gasteiger charge is 2.27. The van der Waals surface area contributed by atoms with Gasteiger partial charge in [-0.05, 0) is 41.9 Å². The number of carbonyl (C=O) groups is 1. The van der Waals surface area contributed by atoms with E-state index in [9.17, 15) is 4.79 Å². The van der Waals surface area contributed by atoms with Gasteiger partial charge in [-0.1, -0.05) is 31.0 Å². The summed E-state index contributed by atoms with van der Waals surface area (Å²) < 4.78 is 0. The SMILES string of the molecule is Cl.NC(=O)CC(c1cccc(-c2cnc(N)[nH]2)c1)C1CCCC1. The van der Waals surface area contributed by atoms with Crippen LogP contribution < -0.4 is 11.5 Å². The summed E-state index contributed by atoms with van der Waals surface area (Å²) in [6.45, 7) is 0. The standard InChI is InChI=1S/C17H22N4O.ClH/c18-16(22)9-14(11-4-1-2-5-11)12-6-3-7-13(8-12)15-10-20-17(19)21-15;/h3,6-8,10-11,14H,1-2,4-5,9H2,(H2,18,22)(H3,19,20,21);1H. The summed E-state index contributed by atoms with van der Waals surface area (Å²) in [5.74, 6) is 0.938. The molecule has 1 unspecified atom stereocenters. The minimum Gasteiger partial charge on any atom is -0.370 e. The maximum atomic E-state index is 11.5. The number of nitrogen functional groups attached to an aromatic ring is 1. The smallest absolute Gasteiger partial charge is 0.218 e. The van der Waals surface area contributed by atoms with Gasteiger partial charge in [-0.3, -0.25) is 4.79 Å². The van der Waals surface area contributed by atoms with Gasteiger partial charge in [-0.25, -0.2) is 4.98 Å². The maximum Gasteiger partial charge on any atom is 0.218 e. The first kappa shape index (κ1) is 17.3. The fourth-order valence-electron chi connectivity index (χ4n) is 3.55. The summed E-state index contributed by atoms with van der Waals surface area (Å²) in [7, 11) is 0. The molecule has 1 atom stereocenters. The van der Waals surface area contributed by atoms with Gasteiger partial charge in [0.05, 0.1) is 11.9 Å². The van der Waals surface area contributed by atoms with E-state index in [2.05, 4.69) is 22.1 Å². The lowest BCUT2D eigenvalue weighted by Gasteiger charge is -2.23. The predicted octanol–water partition coefficient (Wildman–Crippen LogP) is 3.23. The van der Waals surface area contributed by atoms with Crippen molar-refractivity contribution in [2.45, 2.75) is 38.0 Å². The van der Waals surface area contributed by atoms with Crippen LogP contribution in [0, 0.1) is 5.92 Å². The molecule has 0 bridgehead atoms. The maximum absolute atomic E-state index is 11.5. The Bertz CT molecular complexity index is 664. The molecule has 1 aliphatic carbocycles. The minimum absolute atomic E-state index is 0. The number of hydrogen-bond acceptors (Lipinski definition) is 3. The van der Waals surface area contributed by atoms with Gasteiger partial charge in [0.25, 0.3) is 0 Å². The van der Waals surface area contributed by atoms with Crippen LogP contribution >= 0.6 is 12.4 Å². The zero-order chi connectivity index (χ0) is 15.5. The second kappa shape index (κ2) is 7.51. The summed E-state index contributed by atoms with van der Waals surface area (Å²) in [4.78, 5) is 18.6. The van der Waals surface area contributed by atoms with Crippen molar-refractivity contribution >= 4 is 24.3 Å². The van der Waals surface area contributed by atoms with Crippen LogP contribution in [0.5, 0.6) is 0 Å². The number of imidazole rings is 1. The van der Waals surface area contributed by atoms with Gasteiger partial charge >= 0.3 is 0 Å². The van der Waals surface area contributed by atoms with Crippen LogP contribution in [0.15, 0.2) is 30.5 Å². The molecule has 1 amide bonds. The molecule has 0 aliphatic heterocycles. The number of benzene rings is 1. The molecule has 1 saturated carbocycles. The van der Waals surface area contributed by atoms with Crippen molar-refractivity contribution in [3.05, 3.63) is 36.0 Å². The number of nitrogens with two attached hydrogens (primary N) is 2. The van der Waals surface area contributed by atoms with E-state index in [1.165, 1.54) is 31.2 Å². The van der Waals surface area contributed by atoms with Gasteiger partial charge < -0.3 is 16.5 Å². The third kappa shape index (κ3) is 4.05. The zero-order valence-corrected chi connectivity index (χ0v) is 13.8. The van der Waals surface area contributed by atoms with E-state index in [1.54, 1.807) is 6.20 Å². The monoisotopic (exact) mass is 334 g/mol. The van der Waals surface area contributed by atoms with Gasteiger partial charge in [-0.15, -0.1) is 12.4 Å². The Labute approximate surface area is 142 Å². The number of anilines is 1. The lowest BCUT2D eigenvalue weighted by molar-refractivity contribution is -0.118. The Kier molecular flexibility index (Phi) is 5.66. The van der Waals surface area contributed by atoms with Crippen molar-refractivity contribution in [1.29, 1.82) is 0 Å². The zero-order valence-electron chi connectivity index (χ0n) is 13.0. The van der Waals surface area contributed by atoms with E-state index in [1.807, 2.05) is 12.1 Å². The number of hydrogen-bond donors (Lipinski definition) is 3. The number of carbonyl (C=O) groups excluding carboxylic acids is 1. The number of rotatable bonds is 5. The Morgan fingerprint density at radius 2 is 2.09 bits per heavy atom. The Morgan fingerprint density at radius 1 is 1.35 bits per heavy atom. The molecule has 23 heavy (non-hydrogen) atoms. The van der Waals surface area contributed by atoms with Gasteiger partial charge in [0, 0.05) is 6.42 Å². The highest BCUT2D eigenvalue weighted by molar-refractivity contribution is 5.85. The number of amides is 1. The topological polar surface area (TPSA) is 97.8 Å². The molecule has 1 aromatic heterocycles. The van der Waals surface area contributed by atoms with E-state index in [0.717, 1.165) is 11.3 Å². The summed E-state index contributed by atoms with van der Waals surface area (Å²) in [5.41, 5.74) is 14.2. The normalized spacial score (nSPS) is 16.0. The van der Waals surface area contributed by atoms with Gasteiger partial charge in [0.1, 0.15) is 0 Å². The Hall–Kier alpha value is -2.01. The molecule has 0 spiro atoms. The highest BCUT2D eigenvalue weighted by atomic mass is 35.5. The van der Waals surface area contributed by atoms with E-state index in [0.29, 0.717) is 18.3 Å². The van der Waals surface area contributed by atoms with Crippen molar-refractivity contribution in [2.75, 3.05) is 5.73 Å². The van der Waals surface area contributed by atoms with Crippen LogP contribution in [0.2, 0.25) is 0 Å². The minimum atomic E-state index is -0.229. The molecule has 1 fully saturated rings. The molecule has 5 nitrogen and oxygen atoms in total. The van der Waals surface area contributed by atoms with Crippen LogP contribution in [0.3, 0.4) is 0 Å². The molecule has 3 rings (SSSR count). The second-order valence-corrected chi connectivity index (χ2v) is 6.13. The molecule has 2 aromatic rings. The quantitative estimate of drug-likeness (QED) is 0.782. The average molecular weight is 335 g/mol. The predicted molar refractivity (Wildman–Crippen MR) is 94.2 cm³/mol. The molecule has 1 aliphatic rings. The van der Waals surface area contributed by atoms with Crippen LogP contribution in [-0.2, 0) is 4.79 Å². The molecule has 5 N–H and O–H groups in total. The lowest BCUT2D eigenvalue weighted by Crippen LogP contribution is -2.20. The van der Waals surface area contributed by atoms with E-state index in [4.69, 9.17) is 11.5 Å². The molecular weight excluding hydrogens is 312 g/mol. The number of nitrogens with one attached hydrogen (secondary N) is 1. The van der Waals surface area contributed by atoms with Crippen LogP contribution in [0.25, 0.3) is 11.3 Å². The number of primary amides is 1. The van der Waals surface area contributed by atoms with Crippen molar-refractivity contribution in [2.24, 2.45) is 11.7 Å². The number of H-pyrrole nitrogens is 1.